The van der Waals surface area contributed by atoms with Gasteiger partial charge >= 0.3 is 12.0 Å². The van der Waals surface area contributed by atoms with E-state index in [1.54, 1.807) is 38.1 Å². The molecule has 44 heavy (non-hydrogen) atoms. The Kier molecular flexibility index (Phi) is 14.5. The first kappa shape index (κ1) is 35.4. The van der Waals surface area contributed by atoms with Gasteiger partial charge in [0.1, 0.15) is 18.7 Å². The smallest absolute Gasteiger partial charge is 0.312 e. The highest BCUT2D eigenvalue weighted by molar-refractivity contribution is 6.12. The molecule has 2 atom stereocenters. The molecule has 1 aliphatic heterocycles. The fraction of sp³-hybridized carbons (Fsp3) is 0.500. The van der Waals surface area contributed by atoms with Crippen LogP contribution in [0.4, 0.5) is 10.5 Å². The average molecular weight is 615 g/mol. The van der Waals surface area contributed by atoms with Crippen LogP contribution in [-0.2, 0) is 40.1 Å². The molecule has 0 aliphatic carbocycles. The zero-order valence-electron chi connectivity index (χ0n) is 25.4. The number of hydrogen-bond donors (Lipinski definition) is 5. The Morgan fingerprint density at radius 3 is 2.14 bits per heavy atom. The second kappa shape index (κ2) is 18.0. The molecule has 14 nitrogen and oxygen atoms in total. The zero-order valence-corrected chi connectivity index (χ0v) is 25.4. The minimum absolute atomic E-state index is 0.0930. The van der Waals surface area contributed by atoms with Crippen LogP contribution >= 0.6 is 0 Å². The number of esters is 1. The Hall–Kier alpha value is -4.75. The highest BCUT2D eigenvalue weighted by atomic mass is 16.5. The lowest BCUT2D eigenvalue weighted by atomic mass is 10.0. The maximum atomic E-state index is 13.3. The number of ether oxygens (including phenoxy) is 1. The quantitative estimate of drug-likeness (QED) is 0.0922. The Balaban J connectivity index is 1.94. The van der Waals surface area contributed by atoms with Gasteiger partial charge in [0, 0.05) is 44.3 Å². The van der Waals surface area contributed by atoms with Crippen LogP contribution in [0.5, 0.6) is 0 Å². The van der Waals surface area contributed by atoms with Crippen LogP contribution < -0.4 is 27.0 Å². The van der Waals surface area contributed by atoms with Gasteiger partial charge in [0.05, 0.1) is 0 Å². The molecular formula is C30H42N6O8. The second-order valence-corrected chi connectivity index (χ2v) is 10.7. The highest BCUT2D eigenvalue weighted by Gasteiger charge is 2.29. The average Bonchev–Trinajstić information content (AvgIpc) is 3.28. The maximum Gasteiger partial charge on any atom is 0.312 e. The molecular weight excluding hydrogens is 572 g/mol. The molecule has 0 fully saturated rings. The number of hydrogen-bond acceptors (Lipinski definition) is 8. The van der Waals surface area contributed by atoms with Crippen LogP contribution in [-0.4, -0.2) is 71.6 Å². The highest BCUT2D eigenvalue weighted by Crippen LogP contribution is 2.13. The van der Waals surface area contributed by atoms with Crippen LogP contribution in [0.15, 0.2) is 36.4 Å². The fourth-order valence-electron chi connectivity index (χ4n) is 4.31. The third-order valence-electron chi connectivity index (χ3n) is 6.72. The van der Waals surface area contributed by atoms with Crippen molar-refractivity contribution in [2.24, 2.45) is 11.7 Å². The van der Waals surface area contributed by atoms with Gasteiger partial charge in [-0.25, -0.2) is 4.79 Å². The Bertz CT molecular complexity index is 1210. The van der Waals surface area contributed by atoms with Crippen molar-refractivity contribution in [1.82, 2.24) is 20.9 Å². The molecule has 0 bridgehead atoms. The molecule has 7 amide bonds. The van der Waals surface area contributed by atoms with E-state index in [9.17, 15) is 33.6 Å². The van der Waals surface area contributed by atoms with E-state index >= 15 is 0 Å². The van der Waals surface area contributed by atoms with Gasteiger partial charge in [-0.2, -0.15) is 0 Å². The van der Waals surface area contributed by atoms with Gasteiger partial charge < -0.3 is 31.7 Å². The SMILES string of the molecule is CC(=O)OCc1ccc(NC(=O)C(CCCNC(N)=O)NC(=O)C(NC(=O)CCCCCN2C(=O)C=CC2=O)C(C)C)cc1. The van der Waals surface area contributed by atoms with Crippen molar-refractivity contribution >= 4 is 47.2 Å². The largest absolute Gasteiger partial charge is 0.461 e. The molecule has 1 heterocycles. The van der Waals surface area contributed by atoms with E-state index in [0.29, 0.717) is 31.4 Å². The third kappa shape index (κ3) is 12.6. The predicted molar refractivity (Wildman–Crippen MR) is 160 cm³/mol. The van der Waals surface area contributed by atoms with Crippen LogP contribution in [0.25, 0.3) is 0 Å². The minimum Gasteiger partial charge on any atom is -0.461 e. The van der Waals surface area contributed by atoms with Crippen molar-refractivity contribution in [1.29, 1.82) is 0 Å². The molecule has 0 spiro atoms. The number of carbonyl (C=O) groups excluding carboxylic acids is 7. The molecule has 0 aromatic heterocycles. The first-order valence-electron chi connectivity index (χ1n) is 14.6. The van der Waals surface area contributed by atoms with Crippen molar-refractivity contribution in [3.05, 3.63) is 42.0 Å². The Morgan fingerprint density at radius 1 is 0.886 bits per heavy atom. The van der Waals surface area contributed by atoms with Gasteiger partial charge in [-0.1, -0.05) is 32.4 Å². The van der Waals surface area contributed by atoms with Crippen LogP contribution in [0.3, 0.4) is 0 Å². The number of anilines is 1. The van der Waals surface area contributed by atoms with E-state index in [1.807, 2.05) is 0 Å². The van der Waals surface area contributed by atoms with Crippen molar-refractivity contribution in [3.63, 3.8) is 0 Å². The van der Waals surface area contributed by atoms with Gasteiger partial charge in [-0.3, -0.25) is 33.7 Å². The van der Waals surface area contributed by atoms with Crippen molar-refractivity contribution in [3.8, 4) is 0 Å². The number of imide groups is 1. The summed E-state index contributed by atoms with van der Waals surface area (Å²) in [6.45, 7) is 5.41. The molecule has 1 aromatic rings. The van der Waals surface area contributed by atoms with Crippen LogP contribution in [0.1, 0.15) is 64.9 Å². The van der Waals surface area contributed by atoms with Crippen molar-refractivity contribution in [2.45, 2.75) is 78.0 Å². The molecule has 14 heteroatoms. The Labute approximate surface area is 256 Å². The van der Waals surface area contributed by atoms with Gasteiger partial charge in [-0.05, 0) is 49.3 Å². The number of amides is 7. The number of rotatable bonds is 18. The van der Waals surface area contributed by atoms with E-state index < -0.39 is 35.9 Å². The standard InChI is InChI=1S/C30H42N6O8/c1-19(2)27(35-24(38)9-5-4-6-17-36-25(39)14-15-26(36)40)29(42)34-23(8-7-16-32-30(31)43)28(41)33-22-12-10-21(11-13-22)18-44-20(3)37/h10-15,19,23,27H,4-9,16-18H2,1-3H3,(H,33,41)(H,34,42)(H,35,38)(H3,31,32,43). The minimum atomic E-state index is -0.985. The van der Waals surface area contributed by atoms with Gasteiger partial charge in [-0.15, -0.1) is 0 Å². The van der Waals surface area contributed by atoms with E-state index in [0.717, 1.165) is 10.5 Å². The number of nitrogens with one attached hydrogen (secondary N) is 4. The summed E-state index contributed by atoms with van der Waals surface area (Å²) in [5.74, 6) is -2.76. The number of benzene rings is 1. The van der Waals surface area contributed by atoms with Crippen molar-refractivity contribution < 1.29 is 38.3 Å². The van der Waals surface area contributed by atoms with Crippen molar-refractivity contribution in [2.75, 3.05) is 18.4 Å². The number of unbranched alkanes of at least 4 members (excludes halogenated alkanes) is 2. The first-order chi connectivity index (χ1) is 20.9. The van der Waals surface area contributed by atoms with E-state index in [4.69, 9.17) is 10.5 Å². The van der Waals surface area contributed by atoms with E-state index in [-0.39, 0.29) is 56.2 Å². The number of nitrogens with zero attached hydrogens (tertiary/aromatic N) is 1. The van der Waals surface area contributed by atoms with Gasteiger partial charge in [0.15, 0.2) is 0 Å². The molecule has 0 saturated heterocycles. The summed E-state index contributed by atoms with van der Waals surface area (Å²) in [6.07, 6.45) is 4.78. The second-order valence-electron chi connectivity index (χ2n) is 10.7. The molecule has 2 unspecified atom stereocenters. The molecule has 1 aromatic carbocycles. The van der Waals surface area contributed by atoms with Gasteiger partial charge in [0.2, 0.25) is 17.7 Å². The van der Waals surface area contributed by atoms with Crippen LogP contribution in [0, 0.1) is 5.92 Å². The predicted octanol–water partition coefficient (Wildman–Crippen LogP) is 1.25. The van der Waals surface area contributed by atoms with Crippen LogP contribution in [0.2, 0.25) is 0 Å². The number of urea groups is 1. The molecule has 0 saturated carbocycles. The molecule has 0 radical (unpaired) electrons. The summed E-state index contributed by atoms with van der Waals surface area (Å²) in [5, 5.41) is 10.7. The number of carbonyl (C=O) groups is 7. The monoisotopic (exact) mass is 614 g/mol. The summed E-state index contributed by atoms with van der Waals surface area (Å²) in [4.78, 5) is 85.6. The fourth-order valence-corrected chi connectivity index (χ4v) is 4.31. The lowest BCUT2D eigenvalue weighted by molar-refractivity contribution is -0.142. The summed E-state index contributed by atoms with van der Waals surface area (Å²) in [7, 11) is 0. The molecule has 6 N–H and O–H groups in total. The zero-order chi connectivity index (χ0) is 32.6. The van der Waals surface area contributed by atoms with E-state index in [1.165, 1.54) is 19.1 Å². The third-order valence-corrected chi connectivity index (χ3v) is 6.72. The Morgan fingerprint density at radius 2 is 1.55 bits per heavy atom. The lowest BCUT2D eigenvalue weighted by Gasteiger charge is -2.25. The summed E-state index contributed by atoms with van der Waals surface area (Å²) >= 11 is 0. The number of nitrogens with two attached hydrogens (primary N) is 1. The summed E-state index contributed by atoms with van der Waals surface area (Å²) in [6, 6.07) is 4.06. The summed E-state index contributed by atoms with van der Waals surface area (Å²) < 4.78 is 4.96. The summed E-state index contributed by atoms with van der Waals surface area (Å²) in [5.41, 5.74) is 6.30. The number of primary amides is 1. The molecule has 240 valence electrons. The van der Waals surface area contributed by atoms with E-state index in [2.05, 4.69) is 21.3 Å². The lowest BCUT2D eigenvalue weighted by Crippen LogP contribution is -2.54. The normalized spacial score (nSPS) is 13.8. The maximum absolute atomic E-state index is 13.3. The van der Waals surface area contributed by atoms with Gasteiger partial charge in [0.25, 0.3) is 11.8 Å². The first-order valence-corrected chi connectivity index (χ1v) is 14.6. The molecule has 1 aliphatic rings. The molecule has 2 rings (SSSR count). The topological polar surface area (TPSA) is 206 Å².